The number of benzene rings is 2. The van der Waals surface area contributed by atoms with E-state index in [1.807, 2.05) is 36.4 Å². The fourth-order valence-corrected chi connectivity index (χ4v) is 1.87. The second kappa shape index (κ2) is 6.66. The topological polar surface area (TPSA) is 43.4 Å². The molecule has 3 heteroatoms. The second-order valence-corrected chi connectivity index (χ2v) is 4.56. The number of hydrogen-bond donors (Lipinski definition) is 0. The minimum atomic E-state index is -0.745. The van der Waals surface area contributed by atoms with Crippen LogP contribution in [0.1, 0.15) is 22.8 Å². The first-order chi connectivity index (χ1) is 9.66. The van der Waals surface area contributed by atoms with Crippen LogP contribution in [0, 0.1) is 0 Å². The number of rotatable bonds is 5. The standard InChI is InChI=1S/C17H16O3/c1-13(18)16(12-14-8-4-2-5-9-14)20-17(19)15-10-6-3-7-11-15/h2-11,16H,12H2,1H3. The smallest absolute Gasteiger partial charge is 0.338 e. The summed E-state index contributed by atoms with van der Waals surface area (Å²) in [6.07, 6.45) is -0.348. The molecule has 2 aromatic rings. The van der Waals surface area contributed by atoms with Gasteiger partial charge in [-0.25, -0.2) is 4.79 Å². The van der Waals surface area contributed by atoms with Crippen LogP contribution in [0.15, 0.2) is 60.7 Å². The van der Waals surface area contributed by atoms with Gasteiger partial charge >= 0.3 is 5.97 Å². The van der Waals surface area contributed by atoms with Crippen LogP contribution in [0.2, 0.25) is 0 Å². The largest absolute Gasteiger partial charge is 0.450 e. The quantitative estimate of drug-likeness (QED) is 0.783. The van der Waals surface area contributed by atoms with Crippen molar-refractivity contribution in [3.05, 3.63) is 71.8 Å². The summed E-state index contributed by atoms with van der Waals surface area (Å²) in [5, 5.41) is 0. The summed E-state index contributed by atoms with van der Waals surface area (Å²) < 4.78 is 5.31. The van der Waals surface area contributed by atoms with E-state index >= 15 is 0 Å². The lowest BCUT2D eigenvalue weighted by Gasteiger charge is -2.15. The SMILES string of the molecule is CC(=O)C(Cc1ccccc1)OC(=O)c1ccccc1. The number of hydrogen-bond acceptors (Lipinski definition) is 3. The van der Waals surface area contributed by atoms with Gasteiger partial charge in [0.25, 0.3) is 0 Å². The Morgan fingerprint density at radius 1 is 0.950 bits per heavy atom. The molecule has 102 valence electrons. The molecule has 20 heavy (non-hydrogen) atoms. The molecule has 0 aliphatic rings. The predicted molar refractivity (Wildman–Crippen MR) is 76.5 cm³/mol. The van der Waals surface area contributed by atoms with Crippen molar-refractivity contribution in [2.45, 2.75) is 19.4 Å². The summed E-state index contributed by atoms with van der Waals surface area (Å²) in [4.78, 5) is 23.6. The lowest BCUT2D eigenvalue weighted by Crippen LogP contribution is -2.27. The minimum Gasteiger partial charge on any atom is -0.450 e. The third kappa shape index (κ3) is 3.79. The molecule has 0 aliphatic carbocycles. The molecule has 0 saturated carbocycles. The lowest BCUT2D eigenvalue weighted by molar-refractivity contribution is -0.125. The van der Waals surface area contributed by atoms with Crippen molar-refractivity contribution < 1.29 is 14.3 Å². The van der Waals surface area contributed by atoms with E-state index in [1.165, 1.54) is 6.92 Å². The van der Waals surface area contributed by atoms with Gasteiger partial charge in [-0.1, -0.05) is 48.5 Å². The number of carbonyl (C=O) groups is 2. The van der Waals surface area contributed by atoms with E-state index in [2.05, 4.69) is 0 Å². The summed E-state index contributed by atoms with van der Waals surface area (Å²) in [6.45, 7) is 1.44. The van der Waals surface area contributed by atoms with Gasteiger partial charge in [-0.15, -0.1) is 0 Å². The first-order valence-electron chi connectivity index (χ1n) is 6.47. The van der Waals surface area contributed by atoms with Crippen LogP contribution in [0.3, 0.4) is 0 Å². The van der Waals surface area contributed by atoms with Crippen molar-refractivity contribution in [2.75, 3.05) is 0 Å². The van der Waals surface area contributed by atoms with Crippen molar-refractivity contribution in [1.82, 2.24) is 0 Å². The molecular weight excluding hydrogens is 252 g/mol. The van der Waals surface area contributed by atoms with Gasteiger partial charge in [0.1, 0.15) is 0 Å². The average Bonchev–Trinajstić information content (AvgIpc) is 2.48. The molecule has 0 N–H and O–H groups in total. The minimum absolute atomic E-state index is 0.155. The zero-order valence-electron chi connectivity index (χ0n) is 11.3. The highest BCUT2D eigenvalue weighted by molar-refractivity contribution is 5.92. The van der Waals surface area contributed by atoms with E-state index in [1.54, 1.807) is 24.3 Å². The van der Waals surface area contributed by atoms with Gasteiger partial charge < -0.3 is 4.74 Å². The third-order valence-electron chi connectivity index (χ3n) is 2.98. The van der Waals surface area contributed by atoms with Crippen LogP contribution < -0.4 is 0 Å². The van der Waals surface area contributed by atoms with Gasteiger partial charge in [0.2, 0.25) is 0 Å². The van der Waals surface area contributed by atoms with Crippen LogP contribution in [0.25, 0.3) is 0 Å². The molecule has 1 atom stereocenters. The molecule has 1 unspecified atom stereocenters. The molecule has 0 spiro atoms. The number of ketones is 1. The maximum Gasteiger partial charge on any atom is 0.338 e. The van der Waals surface area contributed by atoms with Gasteiger partial charge in [-0.2, -0.15) is 0 Å². The highest BCUT2D eigenvalue weighted by Crippen LogP contribution is 2.10. The Labute approximate surface area is 118 Å². The number of carbonyl (C=O) groups excluding carboxylic acids is 2. The Hall–Kier alpha value is -2.42. The summed E-state index contributed by atoms with van der Waals surface area (Å²) >= 11 is 0. The Morgan fingerprint density at radius 3 is 2.05 bits per heavy atom. The molecule has 0 bridgehead atoms. The Kier molecular flexibility index (Phi) is 4.66. The molecule has 0 aliphatic heterocycles. The van der Waals surface area contributed by atoms with Gasteiger partial charge in [-0.3, -0.25) is 4.79 Å². The average molecular weight is 268 g/mol. The normalized spacial score (nSPS) is 11.7. The fraction of sp³-hybridized carbons (Fsp3) is 0.176. The number of ether oxygens (including phenoxy) is 1. The summed E-state index contributed by atoms with van der Waals surface area (Å²) in [5.74, 6) is -0.625. The molecule has 0 radical (unpaired) electrons. The first-order valence-corrected chi connectivity index (χ1v) is 6.47. The van der Waals surface area contributed by atoms with Crippen LogP contribution in [-0.4, -0.2) is 17.9 Å². The molecule has 0 heterocycles. The van der Waals surface area contributed by atoms with Crippen LogP contribution >= 0.6 is 0 Å². The lowest BCUT2D eigenvalue weighted by atomic mass is 10.1. The van der Waals surface area contributed by atoms with Crippen molar-refractivity contribution in [2.24, 2.45) is 0 Å². The van der Waals surface area contributed by atoms with Crippen molar-refractivity contribution in [3.63, 3.8) is 0 Å². The van der Waals surface area contributed by atoms with Crippen molar-refractivity contribution in [3.8, 4) is 0 Å². The van der Waals surface area contributed by atoms with Crippen molar-refractivity contribution >= 4 is 11.8 Å². The number of esters is 1. The molecular formula is C17H16O3. The third-order valence-corrected chi connectivity index (χ3v) is 2.98. The molecule has 0 fully saturated rings. The van der Waals surface area contributed by atoms with Gasteiger partial charge in [0.15, 0.2) is 11.9 Å². The monoisotopic (exact) mass is 268 g/mol. The predicted octanol–water partition coefficient (Wildman–Crippen LogP) is 3.04. The van der Waals surface area contributed by atoms with Gasteiger partial charge in [0, 0.05) is 6.42 Å². The maximum atomic E-state index is 12.0. The molecule has 2 rings (SSSR count). The van der Waals surface area contributed by atoms with Crippen LogP contribution in [0.5, 0.6) is 0 Å². The van der Waals surface area contributed by atoms with E-state index in [0.29, 0.717) is 12.0 Å². The van der Waals surface area contributed by atoms with Crippen LogP contribution in [-0.2, 0) is 16.0 Å². The highest BCUT2D eigenvalue weighted by atomic mass is 16.5. The Morgan fingerprint density at radius 2 is 1.50 bits per heavy atom. The van der Waals surface area contributed by atoms with Crippen molar-refractivity contribution in [1.29, 1.82) is 0 Å². The van der Waals surface area contributed by atoms with Crippen LogP contribution in [0.4, 0.5) is 0 Å². The van der Waals surface area contributed by atoms with E-state index in [9.17, 15) is 9.59 Å². The van der Waals surface area contributed by atoms with E-state index < -0.39 is 12.1 Å². The van der Waals surface area contributed by atoms with Gasteiger partial charge in [0.05, 0.1) is 5.56 Å². The summed E-state index contributed by atoms with van der Waals surface area (Å²) in [7, 11) is 0. The molecule has 2 aromatic carbocycles. The highest BCUT2D eigenvalue weighted by Gasteiger charge is 2.20. The second-order valence-electron chi connectivity index (χ2n) is 4.56. The Balaban J connectivity index is 2.07. The van der Waals surface area contributed by atoms with E-state index in [0.717, 1.165) is 5.56 Å². The fourth-order valence-electron chi connectivity index (χ4n) is 1.87. The summed E-state index contributed by atoms with van der Waals surface area (Å²) in [6, 6.07) is 18.2. The number of Topliss-reactive ketones (excluding diaryl/α,β-unsaturated/α-hetero) is 1. The molecule has 0 aromatic heterocycles. The van der Waals surface area contributed by atoms with E-state index in [4.69, 9.17) is 4.74 Å². The van der Waals surface area contributed by atoms with Gasteiger partial charge in [-0.05, 0) is 24.6 Å². The van der Waals surface area contributed by atoms with E-state index in [-0.39, 0.29) is 5.78 Å². The molecule has 0 amide bonds. The molecule has 3 nitrogen and oxygen atoms in total. The summed E-state index contributed by atoms with van der Waals surface area (Å²) in [5.41, 5.74) is 1.42. The molecule has 0 saturated heterocycles. The first kappa shape index (κ1) is 14.0. The zero-order chi connectivity index (χ0) is 14.4. The maximum absolute atomic E-state index is 12.0. The zero-order valence-corrected chi connectivity index (χ0v) is 11.3. The Bertz CT molecular complexity index is 576.